The van der Waals surface area contributed by atoms with E-state index in [0.717, 1.165) is 29.5 Å². The van der Waals surface area contributed by atoms with Crippen LogP contribution in [0.3, 0.4) is 0 Å². The molecule has 0 radical (unpaired) electrons. The highest BCUT2D eigenvalue weighted by Gasteiger charge is 2.31. The highest BCUT2D eigenvalue weighted by atomic mass is 16.5. The summed E-state index contributed by atoms with van der Waals surface area (Å²) < 4.78 is 6.14. The zero-order valence-corrected chi connectivity index (χ0v) is 25.0. The van der Waals surface area contributed by atoms with Crippen LogP contribution >= 0.6 is 0 Å². The van der Waals surface area contributed by atoms with Gasteiger partial charge in [0.25, 0.3) is 0 Å². The Kier molecular flexibility index (Phi) is 10.3. The number of aryl methyl sites for hydroxylation is 1. The maximum atomic E-state index is 13.9. The highest BCUT2D eigenvalue weighted by molar-refractivity contribution is 5.94. The van der Waals surface area contributed by atoms with Gasteiger partial charge in [-0.15, -0.1) is 0 Å². The van der Waals surface area contributed by atoms with Crippen molar-refractivity contribution in [3.05, 3.63) is 95.6 Å². The van der Waals surface area contributed by atoms with Gasteiger partial charge in [0.1, 0.15) is 29.6 Å². The predicted octanol–water partition coefficient (Wildman–Crippen LogP) is 3.60. The van der Waals surface area contributed by atoms with E-state index in [1.807, 2.05) is 78.9 Å². The number of fused-ring (bicyclic) bond motifs is 4. The summed E-state index contributed by atoms with van der Waals surface area (Å²) in [4.78, 5) is 53.5. The molecular formula is C35H40N4O5. The Morgan fingerprint density at radius 1 is 0.841 bits per heavy atom. The molecule has 9 nitrogen and oxygen atoms in total. The first-order chi connectivity index (χ1) is 21.4. The molecule has 3 aromatic rings. The molecule has 1 saturated carbocycles. The summed E-state index contributed by atoms with van der Waals surface area (Å²) in [6.07, 6.45) is 3.67. The number of carbonyl (C=O) groups excluding carboxylic acids is 4. The highest BCUT2D eigenvalue weighted by Crippen LogP contribution is 2.28. The third-order valence-electron chi connectivity index (χ3n) is 7.98. The van der Waals surface area contributed by atoms with E-state index in [2.05, 4.69) is 21.3 Å². The fourth-order valence-corrected chi connectivity index (χ4v) is 5.25. The van der Waals surface area contributed by atoms with Gasteiger partial charge in [0.15, 0.2) is 0 Å². The minimum Gasteiger partial charge on any atom is -0.457 e. The van der Waals surface area contributed by atoms with Gasteiger partial charge in [0.2, 0.25) is 23.6 Å². The van der Waals surface area contributed by atoms with Crippen LogP contribution in [0.15, 0.2) is 78.9 Å². The van der Waals surface area contributed by atoms with E-state index in [4.69, 9.17) is 4.74 Å². The molecular weight excluding hydrogens is 556 g/mol. The summed E-state index contributed by atoms with van der Waals surface area (Å²) >= 11 is 0. The smallest absolute Gasteiger partial charge is 0.243 e. The molecule has 4 bridgehead atoms. The van der Waals surface area contributed by atoms with Crippen molar-refractivity contribution in [1.82, 2.24) is 21.3 Å². The van der Waals surface area contributed by atoms with Gasteiger partial charge in [-0.25, -0.2) is 0 Å². The Morgan fingerprint density at radius 2 is 1.52 bits per heavy atom. The summed E-state index contributed by atoms with van der Waals surface area (Å²) in [5.41, 5.74) is 2.63. The second-order valence-electron chi connectivity index (χ2n) is 11.6. The number of hydrogen-bond acceptors (Lipinski definition) is 5. The minimum atomic E-state index is -0.934. The quantitative estimate of drug-likeness (QED) is 0.316. The Hall–Kier alpha value is -4.66. The van der Waals surface area contributed by atoms with Gasteiger partial charge < -0.3 is 26.0 Å². The molecule has 0 saturated heterocycles. The molecule has 4 amide bonds. The van der Waals surface area contributed by atoms with E-state index in [9.17, 15) is 19.2 Å². The van der Waals surface area contributed by atoms with Crippen LogP contribution in [0.4, 0.5) is 0 Å². The lowest BCUT2D eigenvalue weighted by Gasteiger charge is -2.26. The molecule has 3 aromatic carbocycles. The monoisotopic (exact) mass is 596 g/mol. The second-order valence-corrected chi connectivity index (χ2v) is 11.6. The average molecular weight is 597 g/mol. The van der Waals surface area contributed by atoms with E-state index in [1.165, 1.54) is 0 Å². The molecule has 1 heterocycles. The van der Waals surface area contributed by atoms with Crippen molar-refractivity contribution in [2.45, 2.75) is 70.0 Å². The van der Waals surface area contributed by atoms with E-state index < -0.39 is 29.9 Å². The molecule has 2 aliphatic rings. The number of nitrogens with one attached hydrogen (secondary N) is 4. The standard InChI is InChI=1S/C35H40N4O5/c1-2-32(40)37-31-21-26-11-7-13-28(19-26)44-27-12-6-10-25(18-27)20-30(33(41)36-22-24-14-15-24)39-34(42)29(38-35(31)43)17-16-23-8-4-3-5-9-23/h3-13,18-19,24,29-31H,2,14-17,20-22H2,1H3,(H,36,41)(H,37,40)(H,38,43)(H,39,42)/t29-,30-,31-/m0/s1. The van der Waals surface area contributed by atoms with Crippen molar-refractivity contribution in [3.63, 3.8) is 0 Å². The Morgan fingerprint density at radius 3 is 2.18 bits per heavy atom. The number of amides is 4. The van der Waals surface area contributed by atoms with Crippen LogP contribution in [-0.4, -0.2) is 48.3 Å². The average Bonchev–Trinajstić information content (AvgIpc) is 3.86. The number of rotatable bonds is 8. The first-order valence-corrected chi connectivity index (χ1v) is 15.4. The van der Waals surface area contributed by atoms with Gasteiger partial charge in [-0.05, 0) is 72.6 Å². The fraction of sp³-hybridized carbons (Fsp3) is 0.371. The molecule has 230 valence electrons. The maximum absolute atomic E-state index is 13.9. The molecule has 1 aliphatic heterocycles. The van der Waals surface area contributed by atoms with Gasteiger partial charge in [-0.2, -0.15) is 0 Å². The summed E-state index contributed by atoms with van der Waals surface area (Å²) in [5, 5.41) is 11.7. The maximum Gasteiger partial charge on any atom is 0.243 e. The number of hydrogen-bond donors (Lipinski definition) is 4. The van der Waals surface area contributed by atoms with E-state index in [1.54, 1.807) is 6.92 Å². The first kappa shape index (κ1) is 30.8. The van der Waals surface area contributed by atoms with Crippen molar-refractivity contribution >= 4 is 23.6 Å². The van der Waals surface area contributed by atoms with Gasteiger partial charge >= 0.3 is 0 Å². The second kappa shape index (κ2) is 14.7. The summed E-state index contributed by atoms with van der Waals surface area (Å²) in [6.45, 7) is 2.29. The van der Waals surface area contributed by atoms with Crippen molar-refractivity contribution in [1.29, 1.82) is 0 Å². The number of carbonyl (C=O) groups is 4. The molecule has 4 N–H and O–H groups in total. The van der Waals surface area contributed by atoms with Crippen LogP contribution in [0.2, 0.25) is 0 Å². The van der Waals surface area contributed by atoms with Crippen LogP contribution in [0.1, 0.15) is 49.3 Å². The summed E-state index contributed by atoms with van der Waals surface area (Å²) in [7, 11) is 0. The van der Waals surface area contributed by atoms with Gasteiger partial charge in [0.05, 0.1) is 0 Å². The lowest BCUT2D eigenvalue weighted by molar-refractivity contribution is -0.133. The Balaban J connectivity index is 1.48. The number of ether oxygens (including phenoxy) is 1. The van der Waals surface area contributed by atoms with Crippen LogP contribution in [-0.2, 0) is 38.4 Å². The van der Waals surface area contributed by atoms with E-state index >= 15 is 0 Å². The molecule has 44 heavy (non-hydrogen) atoms. The third-order valence-corrected chi connectivity index (χ3v) is 7.98. The summed E-state index contributed by atoms with van der Waals surface area (Å²) in [5.74, 6) is 0.167. The predicted molar refractivity (Wildman–Crippen MR) is 167 cm³/mol. The summed E-state index contributed by atoms with van der Waals surface area (Å²) in [6, 6.07) is 21.8. The SMILES string of the molecule is CCC(=O)N[C@H]1Cc2cccc(c2)Oc2cccc(c2)C[C@@H](C(=O)NCC2CC2)NC(=O)[C@H](CCc2ccccc2)NC1=O. The van der Waals surface area contributed by atoms with Crippen molar-refractivity contribution in [2.75, 3.05) is 6.54 Å². The normalized spacial score (nSPS) is 20.4. The minimum absolute atomic E-state index is 0.202. The molecule has 0 aromatic heterocycles. The third kappa shape index (κ3) is 8.92. The topological polar surface area (TPSA) is 126 Å². The van der Waals surface area contributed by atoms with Crippen LogP contribution in [0.5, 0.6) is 11.5 Å². The molecule has 0 spiro atoms. The lowest BCUT2D eigenvalue weighted by Crippen LogP contribution is -2.57. The van der Waals surface area contributed by atoms with Crippen LogP contribution in [0.25, 0.3) is 0 Å². The van der Waals surface area contributed by atoms with Gasteiger partial charge in [-0.3, -0.25) is 19.2 Å². The molecule has 3 atom stereocenters. The molecule has 1 aliphatic carbocycles. The van der Waals surface area contributed by atoms with Crippen molar-refractivity contribution in [2.24, 2.45) is 5.92 Å². The van der Waals surface area contributed by atoms with Gasteiger partial charge in [0, 0.05) is 25.8 Å². The van der Waals surface area contributed by atoms with Crippen molar-refractivity contribution < 1.29 is 23.9 Å². The largest absolute Gasteiger partial charge is 0.457 e. The molecule has 1 fully saturated rings. The molecule has 5 rings (SSSR count). The zero-order chi connectivity index (χ0) is 30.9. The lowest BCUT2D eigenvalue weighted by atomic mass is 10.0. The van der Waals surface area contributed by atoms with Gasteiger partial charge in [-0.1, -0.05) is 61.5 Å². The van der Waals surface area contributed by atoms with Crippen LogP contribution < -0.4 is 26.0 Å². The number of benzene rings is 3. The van der Waals surface area contributed by atoms with Crippen molar-refractivity contribution in [3.8, 4) is 11.5 Å². The molecule has 9 heteroatoms. The molecule has 0 unspecified atom stereocenters. The Labute approximate surface area is 258 Å². The first-order valence-electron chi connectivity index (χ1n) is 15.4. The van der Waals surface area contributed by atoms with E-state index in [0.29, 0.717) is 36.8 Å². The Bertz CT molecular complexity index is 1470. The van der Waals surface area contributed by atoms with E-state index in [-0.39, 0.29) is 31.1 Å². The van der Waals surface area contributed by atoms with Crippen LogP contribution in [0, 0.1) is 5.92 Å². The fourth-order valence-electron chi connectivity index (χ4n) is 5.25. The zero-order valence-electron chi connectivity index (χ0n) is 25.0.